The number of phosphoric ester groups is 1. The Balaban J connectivity index is 1.66. The summed E-state index contributed by atoms with van der Waals surface area (Å²) in [5, 5.41) is 3.42. The SMILES string of the molecule is Cc1c2c(n(-c3ccc(C(N)=O)c(NC4CCC(OP(=O)(O)O)CC4)c3)c1C)CC(C)(C)CC2=O. The normalized spacial score (nSPS) is 22.1. The lowest BCUT2D eigenvalue weighted by atomic mass is 9.75. The molecule has 4 rings (SSSR count). The number of primary amides is 1. The van der Waals surface area contributed by atoms with E-state index in [1.54, 1.807) is 6.07 Å². The molecule has 0 aliphatic heterocycles. The van der Waals surface area contributed by atoms with Crippen molar-refractivity contribution in [2.45, 2.75) is 78.4 Å². The molecule has 1 fully saturated rings. The van der Waals surface area contributed by atoms with Crippen molar-refractivity contribution in [2.24, 2.45) is 11.1 Å². The molecule has 1 aromatic carbocycles. The summed E-state index contributed by atoms with van der Waals surface area (Å²) in [7, 11) is -4.52. The number of ketones is 1. The van der Waals surface area contributed by atoms with Gasteiger partial charge in [0, 0.05) is 40.8 Å². The zero-order valence-corrected chi connectivity index (χ0v) is 21.5. The second kappa shape index (κ2) is 9.21. The van der Waals surface area contributed by atoms with E-state index in [9.17, 15) is 14.2 Å². The van der Waals surface area contributed by atoms with Crippen LogP contribution in [0.15, 0.2) is 18.2 Å². The number of phosphoric acid groups is 1. The van der Waals surface area contributed by atoms with Gasteiger partial charge in [-0.1, -0.05) is 13.8 Å². The molecule has 1 heterocycles. The van der Waals surface area contributed by atoms with Crippen LogP contribution in [0, 0.1) is 19.3 Å². The highest BCUT2D eigenvalue weighted by Gasteiger charge is 2.36. The lowest BCUT2D eigenvalue weighted by molar-refractivity contribution is 0.0908. The minimum absolute atomic E-state index is 0.00175. The van der Waals surface area contributed by atoms with Gasteiger partial charge in [0.05, 0.1) is 11.7 Å². The average molecular weight is 504 g/mol. The quantitative estimate of drug-likeness (QED) is 0.433. The van der Waals surface area contributed by atoms with E-state index in [4.69, 9.17) is 20.0 Å². The van der Waals surface area contributed by atoms with E-state index in [-0.39, 0.29) is 17.2 Å². The summed E-state index contributed by atoms with van der Waals surface area (Å²) in [6, 6.07) is 5.47. The number of nitrogens with one attached hydrogen (secondary N) is 1. The molecule has 2 aromatic rings. The second-order valence-corrected chi connectivity index (χ2v) is 11.8. The smallest absolute Gasteiger partial charge is 0.382 e. The van der Waals surface area contributed by atoms with Gasteiger partial charge >= 0.3 is 7.82 Å². The van der Waals surface area contributed by atoms with Crippen molar-refractivity contribution >= 4 is 25.2 Å². The number of carbonyl (C=O) groups is 2. The Labute approximate surface area is 205 Å². The van der Waals surface area contributed by atoms with E-state index in [2.05, 4.69) is 23.7 Å². The summed E-state index contributed by atoms with van der Waals surface area (Å²) >= 11 is 0. The Morgan fingerprint density at radius 3 is 2.43 bits per heavy atom. The van der Waals surface area contributed by atoms with Gasteiger partial charge in [0.2, 0.25) is 0 Å². The van der Waals surface area contributed by atoms with Crippen molar-refractivity contribution in [3.63, 3.8) is 0 Å². The number of nitrogens with zero attached hydrogens (tertiary/aromatic N) is 1. The standard InChI is InChI=1S/C25H34N3O6P/c1-14-15(2)28(21-12-25(3,4)13-22(29)23(14)21)17-7-10-19(24(26)30)20(11-17)27-16-5-8-18(9-6-16)34-35(31,32)33/h7,10-11,16,18,27H,5-6,8-9,12-13H2,1-4H3,(H2,26,30)(H2,31,32,33). The molecule has 35 heavy (non-hydrogen) atoms. The van der Waals surface area contributed by atoms with Gasteiger partial charge in [-0.25, -0.2) is 4.57 Å². The molecule has 190 valence electrons. The highest BCUT2D eigenvalue weighted by molar-refractivity contribution is 7.46. The first-order valence-corrected chi connectivity index (χ1v) is 13.5. The number of hydrogen-bond acceptors (Lipinski definition) is 5. The minimum Gasteiger partial charge on any atom is -0.382 e. The summed E-state index contributed by atoms with van der Waals surface area (Å²) in [4.78, 5) is 43.3. The van der Waals surface area contributed by atoms with Gasteiger partial charge in [-0.05, 0) is 75.1 Å². The van der Waals surface area contributed by atoms with Crippen LogP contribution in [0.3, 0.4) is 0 Å². The lowest BCUT2D eigenvalue weighted by Gasteiger charge is -2.31. The Morgan fingerprint density at radius 1 is 1.17 bits per heavy atom. The fourth-order valence-electron chi connectivity index (χ4n) is 5.54. The van der Waals surface area contributed by atoms with Gasteiger partial charge in [-0.15, -0.1) is 0 Å². The summed E-state index contributed by atoms with van der Waals surface area (Å²) < 4.78 is 18.1. The summed E-state index contributed by atoms with van der Waals surface area (Å²) in [6.07, 6.45) is 3.05. The molecule has 2 aliphatic rings. The van der Waals surface area contributed by atoms with Gasteiger partial charge in [0.1, 0.15) is 0 Å². The number of nitrogens with two attached hydrogens (primary N) is 1. The first-order chi connectivity index (χ1) is 16.3. The van der Waals surface area contributed by atoms with Crippen LogP contribution in [-0.4, -0.2) is 38.2 Å². The van der Waals surface area contributed by atoms with Crippen LogP contribution >= 0.6 is 7.82 Å². The Bertz CT molecular complexity index is 1220. The van der Waals surface area contributed by atoms with Crippen LogP contribution < -0.4 is 11.1 Å². The number of carbonyl (C=O) groups excluding carboxylic acids is 2. The molecular formula is C25H34N3O6P. The van der Waals surface area contributed by atoms with E-state index >= 15 is 0 Å². The number of aromatic nitrogens is 1. The average Bonchev–Trinajstić information content (AvgIpc) is 2.97. The molecule has 0 radical (unpaired) electrons. The van der Waals surface area contributed by atoms with E-state index < -0.39 is 19.8 Å². The summed E-state index contributed by atoms with van der Waals surface area (Å²) in [5.41, 5.74) is 11.1. The summed E-state index contributed by atoms with van der Waals surface area (Å²) in [5.74, 6) is -0.381. The number of Topliss-reactive ketones (excluding diaryl/α,β-unsaturated/α-hetero) is 1. The monoisotopic (exact) mass is 503 g/mol. The third kappa shape index (κ3) is 5.38. The summed E-state index contributed by atoms with van der Waals surface area (Å²) in [6.45, 7) is 8.19. The molecule has 1 aromatic heterocycles. The van der Waals surface area contributed by atoms with Crippen LogP contribution in [0.2, 0.25) is 0 Å². The highest BCUT2D eigenvalue weighted by atomic mass is 31.2. The van der Waals surface area contributed by atoms with Crippen LogP contribution in [0.5, 0.6) is 0 Å². The molecule has 1 amide bonds. The molecule has 10 heteroatoms. The topological polar surface area (TPSA) is 144 Å². The Kier molecular flexibility index (Phi) is 6.74. The van der Waals surface area contributed by atoms with Crippen molar-refractivity contribution in [3.8, 4) is 5.69 Å². The van der Waals surface area contributed by atoms with Gasteiger partial charge < -0.3 is 25.4 Å². The van der Waals surface area contributed by atoms with Crippen LogP contribution in [0.1, 0.15) is 83.6 Å². The Morgan fingerprint density at radius 2 is 1.83 bits per heavy atom. The molecule has 0 spiro atoms. The van der Waals surface area contributed by atoms with Gasteiger partial charge in [0.15, 0.2) is 5.78 Å². The molecule has 9 nitrogen and oxygen atoms in total. The van der Waals surface area contributed by atoms with Crippen molar-refractivity contribution in [1.82, 2.24) is 4.57 Å². The van der Waals surface area contributed by atoms with E-state index in [0.29, 0.717) is 43.4 Å². The van der Waals surface area contributed by atoms with Crippen LogP contribution in [-0.2, 0) is 15.5 Å². The maximum Gasteiger partial charge on any atom is 0.469 e. The van der Waals surface area contributed by atoms with Crippen molar-refractivity contribution < 1.29 is 28.5 Å². The third-order valence-corrected chi connectivity index (χ3v) is 7.80. The lowest BCUT2D eigenvalue weighted by Crippen LogP contribution is -2.30. The van der Waals surface area contributed by atoms with E-state index in [0.717, 1.165) is 34.6 Å². The molecule has 5 N–H and O–H groups in total. The fraction of sp³-hybridized carbons (Fsp3) is 0.520. The highest BCUT2D eigenvalue weighted by Crippen LogP contribution is 2.42. The second-order valence-electron chi connectivity index (χ2n) is 10.6. The van der Waals surface area contributed by atoms with E-state index in [1.165, 1.54) is 0 Å². The van der Waals surface area contributed by atoms with Crippen molar-refractivity contribution in [3.05, 3.63) is 46.3 Å². The zero-order valence-electron chi connectivity index (χ0n) is 20.6. The maximum atomic E-state index is 13.0. The zero-order chi connectivity index (χ0) is 25.7. The molecule has 0 atom stereocenters. The predicted octanol–water partition coefficient (Wildman–Crippen LogP) is 4.18. The molecule has 2 aliphatic carbocycles. The molecule has 0 unspecified atom stereocenters. The maximum absolute atomic E-state index is 13.0. The Hall–Kier alpha value is -2.45. The van der Waals surface area contributed by atoms with Crippen LogP contribution in [0.4, 0.5) is 5.69 Å². The molecule has 0 bridgehead atoms. The molecule has 1 saturated carbocycles. The van der Waals surface area contributed by atoms with Crippen molar-refractivity contribution in [1.29, 1.82) is 0 Å². The number of fused-ring (bicyclic) bond motifs is 1. The van der Waals surface area contributed by atoms with E-state index in [1.807, 2.05) is 26.0 Å². The predicted molar refractivity (Wildman–Crippen MR) is 133 cm³/mol. The number of anilines is 1. The fourth-order valence-corrected chi connectivity index (χ4v) is 6.14. The molecular weight excluding hydrogens is 469 g/mol. The molecule has 0 saturated heterocycles. The number of rotatable bonds is 6. The first-order valence-electron chi connectivity index (χ1n) is 11.9. The van der Waals surface area contributed by atoms with Crippen molar-refractivity contribution in [2.75, 3.05) is 5.32 Å². The number of benzene rings is 1. The van der Waals surface area contributed by atoms with Crippen LogP contribution in [0.25, 0.3) is 5.69 Å². The van der Waals surface area contributed by atoms with Gasteiger partial charge in [-0.3, -0.25) is 14.1 Å². The minimum atomic E-state index is -4.52. The van der Waals surface area contributed by atoms with Gasteiger partial charge in [-0.2, -0.15) is 0 Å². The first kappa shape index (κ1) is 25.6. The number of amides is 1. The largest absolute Gasteiger partial charge is 0.469 e. The third-order valence-electron chi connectivity index (χ3n) is 7.22. The number of hydrogen-bond donors (Lipinski definition) is 4. The van der Waals surface area contributed by atoms with Gasteiger partial charge in [0.25, 0.3) is 5.91 Å².